The van der Waals surface area contributed by atoms with E-state index in [4.69, 9.17) is 16.3 Å². The summed E-state index contributed by atoms with van der Waals surface area (Å²) in [6, 6.07) is 4.26. The number of benzene rings is 1. The van der Waals surface area contributed by atoms with E-state index >= 15 is 0 Å². The topological polar surface area (TPSA) is 27.1 Å². The van der Waals surface area contributed by atoms with Crippen LogP contribution in [-0.4, -0.2) is 9.78 Å². The molecule has 20 heavy (non-hydrogen) atoms. The van der Waals surface area contributed by atoms with E-state index < -0.39 is 0 Å². The first kappa shape index (κ1) is 15.4. The molecule has 1 heterocycles. The molecule has 1 aromatic heterocycles. The van der Waals surface area contributed by atoms with Gasteiger partial charge in [0.1, 0.15) is 12.4 Å². The average molecular weight is 358 g/mol. The molecular weight excluding hydrogens is 340 g/mol. The number of nitrogens with zero attached hydrogens (tertiary/aromatic N) is 2. The number of rotatable bonds is 4. The summed E-state index contributed by atoms with van der Waals surface area (Å²) in [7, 11) is 1.88. The fourth-order valence-electron chi connectivity index (χ4n) is 2.32. The molecule has 108 valence electrons. The van der Waals surface area contributed by atoms with Gasteiger partial charge >= 0.3 is 0 Å². The molecule has 0 unspecified atom stereocenters. The molecule has 0 amide bonds. The zero-order chi connectivity index (χ0) is 14.9. The monoisotopic (exact) mass is 356 g/mol. The standard InChI is InChI=1S/C15H18BrClN2O/c1-9-5-12(7-16)6-10(2)15(9)20-8-13-14(17)11(3)18-19(13)4/h5-6H,7-8H2,1-4H3. The van der Waals surface area contributed by atoms with Gasteiger partial charge in [-0.05, 0) is 37.5 Å². The Morgan fingerprint density at radius 3 is 2.30 bits per heavy atom. The quantitative estimate of drug-likeness (QED) is 0.755. The van der Waals surface area contributed by atoms with E-state index in [2.05, 4.69) is 47.0 Å². The van der Waals surface area contributed by atoms with Gasteiger partial charge in [-0.3, -0.25) is 4.68 Å². The Morgan fingerprint density at radius 2 is 1.85 bits per heavy atom. The van der Waals surface area contributed by atoms with Crippen LogP contribution < -0.4 is 4.74 Å². The van der Waals surface area contributed by atoms with Gasteiger partial charge in [0.25, 0.3) is 0 Å². The lowest BCUT2D eigenvalue weighted by molar-refractivity contribution is 0.291. The third-order valence-corrected chi connectivity index (χ3v) is 4.43. The van der Waals surface area contributed by atoms with Gasteiger partial charge in [-0.15, -0.1) is 0 Å². The van der Waals surface area contributed by atoms with Crippen molar-refractivity contribution >= 4 is 27.5 Å². The van der Waals surface area contributed by atoms with Crippen LogP contribution >= 0.6 is 27.5 Å². The zero-order valence-electron chi connectivity index (χ0n) is 12.1. The van der Waals surface area contributed by atoms with Crippen LogP contribution in [0.5, 0.6) is 5.75 Å². The molecule has 0 aliphatic rings. The van der Waals surface area contributed by atoms with Crippen LogP contribution in [0, 0.1) is 20.8 Å². The maximum absolute atomic E-state index is 6.24. The second kappa shape index (κ2) is 6.19. The molecule has 5 heteroatoms. The van der Waals surface area contributed by atoms with Gasteiger partial charge in [0.15, 0.2) is 0 Å². The molecule has 0 saturated heterocycles. The second-order valence-electron chi connectivity index (χ2n) is 4.95. The molecule has 3 nitrogen and oxygen atoms in total. The Kier molecular flexibility index (Phi) is 4.76. The first-order chi connectivity index (χ1) is 9.43. The van der Waals surface area contributed by atoms with Crippen molar-refractivity contribution in [3.63, 3.8) is 0 Å². The van der Waals surface area contributed by atoms with E-state index in [1.54, 1.807) is 4.68 Å². The highest BCUT2D eigenvalue weighted by Gasteiger charge is 2.13. The van der Waals surface area contributed by atoms with Crippen LogP contribution in [0.3, 0.4) is 0 Å². The van der Waals surface area contributed by atoms with E-state index in [0.717, 1.165) is 33.6 Å². The van der Waals surface area contributed by atoms with Crippen LogP contribution in [0.25, 0.3) is 0 Å². The molecule has 0 bridgehead atoms. The summed E-state index contributed by atoms with van der Waals surface area (Å²) in [6.45, 7) is 6.44. The fraction of sp³-hybridized carbons (Fsp3) is 0.400. The molecule has 0 saturated carbocycles. The molecule has 0 aliphatic carbocycles. The molecule has 1 aromatic carbocycles. The summed E-state index contributed by atoms with van der Waals surface area (Å²) >= 11 is 9.72. The summed E-state index contributed by atoms with van der Waals surface area (Å²) in [5.74, 6) is 0.921. The Bertz CT molecular complexity index is 614. The van der Waals surface area contributed by atoms with Gasteiger partial charge in [0.2, 0.25) is 0 Å². The van der Waals surface area contributed by atoms with Crippen LogP contribution in [0.4, 0.5) is 0 Å². The van der Waals surface area contributed by atoms with E-state index in [1.807, 2.05) is 14.0 Å². The number of hydrogen-bond acceptors (Lipinski definition) is 2. The van der Waals surface area contributed by atoms with Crippen molar-refractivity contribution in [3.05, 3.63) is 45.2 Å². The van der Waals surface area contributed by atoms with Crippen molar-refractivity contribution in [2.45, 2.75) is 32.7 Å². The second-order valence-corrected chi connectivity index (χ2v) is 5.89. The van der Waals surface area contributed by atoms with Crippen LogP contribution in [-0.2, 0) is 19.0 Å². The summed E-state index contributed by atoms with van der Waals surface area (Å²) in [5.41, 5.74) is 5.24. The normalized spacial score (nSPS) is 10.9. The Balaban J connectivity index is 2.23. The number of ether oxygens (including phenoxy) is 1. The summed E-state index contributed by atoms with van der Waals surface area (Å²) in [6.07, 6.45) is 0. The Labute approximate surface area is 133 Å². The fourth-order valence-corrected chi connectivity index (χ4v) is 2.86. The minimum atomic E-state index is 0.422. The lowest BCUT2D eigenvalue weighted by Gasteiger charge is -2.14. The maximum atomic E-state index is 6.24. The van der Waals surface area contributed by atoms with Crippen molar-refractivity contribution in [1.82, 2.24) is 9.78 Å². The van der Waals surface area contributed by atoms with E-state index in [9.17, 15) is 0 Å². The number of halogens is 2. The average Bonchev–Trinajstić information content (AvgIpc) is 2.63. The molecule has 0 aliphatic heterocycles. The predicted molar refractivity (Wildman–Crippen MR) is 85.8 cm³/mol. The molecule has 2 aromatic rings. The van der Waals surface area contributed by atoms with Gasteiger partial charge in [-0.2, -0.15) is 5.10 Å². The molecule has 0 fully saturated rings. The van der Waals surface area contributed by atoms with Crippen molar-refractivity contribution in [1.29, 1.82) is 0 Å². The highest BCUT2D eigenvalue weighted by atomic mass is 79.9. The number of alkyl halides is 1. The smallest absolute Gasteiger partial charge is 0.131 e. The summed E-state index contributed by atoms with van der Waals surface area (Å²) in [4.78, 5) is 0. The SMILES string of the molecule is Cc1cc(CBr)cc(C)c1OCc1c(Cl)c(C)nn1C. The van der Waals surface area contributed by atoms with Gasteiger partial charge < -0.3 is 4.74 Å². The van der Waals surface area contributed by atoms with Crippen molar-refractivity contribution in [2.75, 3.05) is 0 Å². The highest BCUT2D eigenvalue weighted by molar-refractivity contribution is 9.08. The van der Waals surface area contributed by atoms with Crippen molar-refractivity contribution < 1.29 is 4.74 Å². The Morgan fingerprint density at radius 1 is 1.25 bits per heavy atom. The van der Waals surface area contributed by atoms with Gasteiger partial charge in [-0.1, -0.05) is 39.7 Å². The molecule has 0 radical (unpaired) electrons. The molecule has 0 N–H and O–H groups in total. The lowest BCUT2D eigenvalue weighted by atomic mass is 10.1. The van der Waals surface area contributed by atoms with E-state index in [-0.39, 0.29) is 0 Å². The largest absolute Gasteiger partial charge is 0.487 e. The first-order valence-electron chi connectivity index (χ1n) is 6.41. The highest BCUT2D eigenvalue weighted by Crippen LogP contribution is 2.28. The van der Waals surface area contributed by atoms with Crippen molar-refractivity contribution in [2.24, 2.45) is 7.05 Å². The molecular formula is C15H18BrClN2O. The van der Waals surface area contributed by atoms with Crippen LogP contribution in [0.1, 0.15) is 28.1 Å². The zero-order valence-corrected chi connectivity index (χ0v) is 14.5. The third kappa shape index (κ3) is 3.01. The van der Waals surface area contributed by atoms with E-state index in [0.29, 0.717) is 11.6 Å². The maximum Gasteiger partial charge on any atom is 0.131 e. The minimum Gasteiger partial charge on any atom is -0.487 e. The van der Waals surface area contributed by atoms with Gasteiger partial charge in [-0.25, -0.2) is 0 Å². The summed E-state index contributed by atoms with van der Waals surface area (Å²) in [5, 5.41) is 5.82. The first-order valence-corrected chi connectivity index (χ1v) is 7.90. The van der Waals surface area contributed by atoms with Gasteiger partial charge in [0, 0.05) is 12.4 Å². The molecule has 0 spiro atoms. The van der Waals surface area contributed by atoms with Gasteiger partial charge in [0.05, 0.1) is 16.4 Å². The van der Waals surface area contributed by atoms with Crippen LogP contribution in [0.15, 0.2) is 12.1 Å². The van der Waals surface area contributed by atoms with E-state index in [1.165, 1.54) is 5.56 Å². The molecule has 0 atom stereocenters. The minimum absolute atomic E-state index is 0.422. The number of aryl methyl sites for hydroxylation is 4. The lowest BCUT2D eigenvalue weighted by Crippen LogP contribution is -2.05. The number of hydrogen-bond donors (Lipinski definition) is 0. The third-order valence-electron chi connectivity index (χ3n) is 3.29. The number of aromatic nitrogens is 2. The predicted octanol–water partition coefficient (Wildman–Crippen LogP) is 4.47. The van der Waals surface area contributed by atoms with Crippen LogP contribution in [0.2, 0.25) is 5.02 Å². The molecule has 2 rings (SSSR count). The summed E-state index contributed by atoms with van der Waals surface area (Å²) < 4.78 is 7.74. The van der Waals surface area contributed by atoms with Crippen molar-refractivity contribution in [3.8, 4) is 5.75 Å². The Hall–Kier alpha value is -1.00.